The number of carbonyl (C=O) groups is 2. The van der Waals surface area contributed by atoms with Crippen LogP contribution in [0.15, 0.2) is 25.3 Å². The Labute approximate surface area is 166 Å². The highest BCUT2D eigenvalue weighted by molar-refractivity contribution is 5.98. The van der Waals surface area contributed by atoms with Crippen molar-refractivity contribution in [2.24, 2.45) is 0 Å². The first-order chi connectivity index (χ1) is 13.1. The molecule has 0 unspecified atom stereocenters. The summed E-state index contributed by atoms with van der Waals surface area (Å²) in [7, 11) is 0. The van der Waals surface area contributed by atoms with Gasteiger partial charge in [0.1, 0.15) is 13.2 Å². The van der Waals surface area contributed by atoms with Crippen molar-refractivity contribution in [1.82, 2.24) is 5.06 Å². The topological polar surface area (TPSA) is 83.5 Å². The number of piperidine rings is 1. The molecule has 0 bridgehead atoms. The molecule has 2 saturated heterocycles. The van der Waals surface area contributed by atoms with Crippen LogP contribution in [0.1, 0.15) is 40.5 Å². The third kappa shape index (κ3) is 5.00. The van der Waals surface area contributed by atoms with Gasteiger partial charge in [0.05, 0.1) is 13.2 Å². The molecule has 158 valence electrons. The maximum Gasteiger partial charge on any atom is 0.349 e. The van der Waals surface area contributed by atoms with E-state index in [0.717, 1.165) is 0 Å². The Bertz CT molecular complexity index is 564. The first-order valence-corrected chi connectivity index (χ1v) is 9.37. The van der Waals surface area contributed by atoms with Gasteiger partial charge in [-0.1, -0.05) is 25.3 Å². The summed E-state index contributed by atoms with van der Waals surface area (Å²) in [5.41, 5.74) is -1.19. The lowest BCUT2D eigenvalue weighted by Gasteiger charge is -2.56. The molecule has 0 aromatic heterocycles. The van der Waals surface area contributed by atoms with Crippen molar-refractivity contribution in [3.05, 3.63) is 25.3 Å². The Morgan fingerprint density at radius 1 is 0.964 bits per heavy atom. The smallest absolute Gasteiger partial charge is 0.349 e. The van der Waals surface area contributed by atoms with Crippen LogP contribution < -0.4 is 0 Å². The van der Waals surface area contributed by atoms with E-state index in [1.165, 1.54) is 12.2 Å². The number of nitrogens with zero attached hydrogens (tertiary/aromatic N) is 1. The van der Waals surface area contributed by atoms with Crippen LogP contribution in [0, 0.1) is 0 Å². The Balaban J connectivity index is 2.24. The quantitative estimate of drug-likeness (QED) is 0.350. The van der Waals surface area contributed by atoms with Gasteiger partial charge in [-0.25, -0.2) is 9.59 Å². The third-order valence-corrected chi connectivity index (χ3v) is 4.64. The number of hydrogen-bond donors (Lipinski definition) is 0. The monoisotopic (exact) mass is 397 g/mol. The van der Waals surface area contributed by atoms with E-state index in [4.69, 9.17) is 23.8 Å². The van der Waals surface area contributed by atoms with E-state index in [2.05, 4.69) is 13.2 Å². The van der Waals surface area contributed by atoms with Gasteiger partial charge < -0.3 is 18.9 Å². The zero-order valence-corrected chi connectivity index (χ0v) is 17.2. The lowest BCUT2D eigenvalue weighted by Crippen LogP contribution is -2.67. The van der Waals surface area contributed by atoms with Crippen LogP contribution in [0.4, 0.5) is 0 Å². The van der Waals surface area contributed by atoms with E-state index in [1.807, 2.05) is 27.7 Å². The lowest BCUT2D eigenvalue weighted by atomic mass is 9.78. The van der Waals surface area contributed by atoms with E-state index in [-0.39, 0.29) is 13.2 Å². The second-order valence-electron chi connectivity index (χ2n) is 8.20. The molecule has 0 aromatic carbocycles. The molecule has 28 heavy (non-hydrogen) atoms. The van der Waals surface area contributed by atoms with Crippen LogP contribution in [-0.4, -0.2) is 66.4 Å². The molecule has 2 rings (SSSR count). The van der Waals surface area contributed by atoms with Crippen molar-refractivity contribution in [2.45, 2.75) is 63.5 Å². The van der Waals surface area contributed by atoms with Gasteiger partial charge in [0.15, 0.2) is 5.79 Å². The second kappa shape index (κ2) is 8.73. The van der Waals surface area contributed by atoms with Gasteiger partial charge in [-0.2, -0.15) is 5.06 Å². The molecule has 0 saturated carbocycles. The molecule has 0 aliphatic carbocycles. The van der Waals surface area contributed by atoms with Crippen molar-refractivity contribution >= 4 is 11.9 Å². The Morgan fingerprint density at radius 2 is 1.39 bits per heavy atom. The molecule has 2 heterocycles. The zero-order valence-electron chi connectivity index (χ0n) is 17.2. The first kappa shape index (κ1) is 22.5. The minimum Gasteiger partial charge on any atom is -0.459 e. The molecule has 0 N–H and O–H groups in total. The van der Waals surface area contributed by atoms with E-state index in [0.29, 0.717) is 26.1 Å². The Kier molecular flexibility index (Phi) is 7.03. The van der Waals surface area contributed by atoms with Gasteiger partial charge >= 0.3 is 11.9 Å². The van der Waals surface area contributed by atoms with E-state index in [1.54, 1.807) is 5.06 Å². The van der Waals surface area contributed by atoms with E-state index in [9.17, 15) is 9.59 Å². The second-order valence-corrected chi connectivity index (χ2v) is 8.20. The summed E-state index contributed by atoms with van der Waals surface area (Å²) in [6.45, 7) is 15.8. The molecule has 2 fully saturated rings. The Morgan fingerprint density at radius 3 is 1.79 bits per heavy atom. The summed E-state index contributed by atoms with van der Waals surface area (Å²) in [6.07, 6.45) is 2.30. The molecular formula is C20H31NO7. The van der Waals surface area contributed by atoms with Gasteiger partial charge in [-0.3, -0.25) is 4.84 Å². The van der Waals surface area contributed by atoms with Crippen molar-refractivity contribution in [1.29, 1.82) is 0 Å². The largest absolute Gasteiger partial charge is 0.459 e. The number of hydrogen-bond acceptors (Lipinski definition) is 8. The molecule has 8 nitrogen and oxygen atoms in total. The number of esters is 2. The lowest BCUT2D eigenvalue weighted by molar-refractivity contribution is -0.344. The summed E-state index contributed by atoms with van der Waals surface area (Å²) in [6, 6.07) is 0. The van der Waals surface area contributed by atoms with Crippen LogP contribution in [0.5, 0.6) is 0 Å². The minimum absolute atomic E-state index is 0.0367. The number of hydroxylamine groups is 2. The van der Waals surface area contributed by atoms with Crippen LogP contribution in [0.2, 0.25) is 0 Å². The number of ether oxygens (including phenoxy) is 4. The summed E-state index contributed by atoms with van der Waals surface area (Å²) in [4.78, 5) is 30.9. The van der Waals surface area contributed by atoms with E-state index >= 15 is 0 Å². The molecule has 0 aromatic rings. The number of carbonyl (C=O) groups excluding carboxylic acids is 2. The summed E-state index contributed by atoms with van der Waals surface area (Å²) in [5.74, 6) is -2.38. The summed E-state index contributed by atoms with van der Waals surface area (Å²) >= 11 is 0. The predicted molar refractivity (Wildman–Crippen MR) is 101 cm³/mol. The molecular weight excluding hydrogens is 366 g/mol. The highest BCUT2D eigenvalue weighted by Gasteiger charge is 2.57. The molecule has 2 aliphatic rings. The van der Waals surface area contributed by atoms with Crippen LogP contribution >= 0.6 is 0 Å². The van der Waals surface area contributed by atoms with Gasteiger partial charge in [-0.15, -0.1) is 0 Å². The summed E-state index contributed by atoms with van der Waals surface area (Å²) in [5, 5.41) is 1.66. The summed E-state index contributed by atoms with van der Waals surface area (Å²) < 4.78 is 21.9. The van der Waals surface area contributed by atoms with Crippen LogP contribution in [0.25, 0.3) is 0 Å². The van der Waals surface area contributed by atoms with Gasteiger partial charge in [-0.05, 0) is 27.7 Å². The highest BCUT2D eigenvalue weighted by atomic mass is 16.7. The van der Waals surface area contributed by atoms with Gasteiger partial charge in [0, 0.05) is 23.9 Å². The molecule has 0 atom stereocenters. The maximum atomic E-state index is 12.5. The highest BCUT2D eigenvalue weighted by Crippen LogP contribution is 2.47. The zero-order chi connectivity index (χ0) is 21.0. The maximum absolute atomic E-state index is 12.5. The predicted octanol–water partition coefficient (Wildman–Crippen LogP) is 2.14. The van der Waals surface area contributed by atoms with Gasteiger partial charge in [0.2, 0.25) is 0 Å². The van der Waals surface area contributed by atoms with Crippen molar-refractivity contribution in [3.63, 3.8) is 0 Å². The fourth-order valence-corrected chi connectivity index (χ4v) is 4.05. The van der Waals surface area contributed by atoms with Crippen molar-refractivity contribution in [3.8, 4) is 0 Å². The average Bonchev–Trinajstić information content (AvgIpc) is 3.02. The van der Waals surface area contributed by atoms with Crippen molar-refractivity contribution < 1.29 is 33.4 Å². The minimum atomic E-state index is -1.56. The molecule has 0 radical (unpaired) electrons. The molecule has 0 amide bonds. The fraction of sp³-hybridized carbons (Fsp3) is 0.700. The standard InChI is InChI=1S/C20H31NO7/c1-7-9-24-16(22)15(17(23)25-10-8-2)28-21-18(3,4)13-20(14-19(21,5)6)26-11-12-27-20/h7-8,15H,1-2,9-14H2,3-6H3. The molecule has 8 heteroatoms. The first-order valence-electron chi connectivity index (χ1n) is 9.37. The van der Waals surface area contributed by atoms with Gasteiger partial charge in [0.25, 0.3) is 6.10 Å². The normalized spacial score (nSPS) is 22.8. The fourth-order valence-electron chi connectivity index (χ4n) is 4.05. The van der Waals surface area contributed by atoms with Crippen molar-refractivity contribution in [2.75, 3.05) is 26.4 Å². The van der Waals surface area contributed by atoms with Crippen LogP contribution in [0.3, 0.4) is 0 Å². The average molecular weight is 397 g/mol. The Hall–Kier alpha value is -1.74. The molecule has 2 aliphatic heterocycles. The van der Waals surface area contributed by atoms with Crippen LogP contribution in [-0.2, 0) is 33.4 Å². The SMILES string of the molecule is C=CCOC(=O)C(ON1C(C)(C)CC2(CC1(C)C)OCCO2)C(=O)OCC=C. The third-order valence-electron chi connectivity index (χ3n) is 4.64. The number of rotatable bonds is 8. The molecule has 1 spiro atoms. The van der Waals surface area contributed by atoms with E-state index < -0.39 is 34.9 Å².